The maximum Gasteiger partial charge on any atom is 0.228 e. The number of aryl methyl sites for hydroxylation is 1. The van der Waals surface area contributed by atoms with Crippen molar-refractivity contribution >= 4 is 34.3 Å². The fraction of sp³-hybridized carbons (Fsp3) is 0.381. The molecule has 7 heteroatoms. The normalized spacial score (nSPS) is 16.8. The van der Waals surface area contributed by atoms with E-state index in [1.54, 1.807) is 11.8 Å². The fourth-order valence-corrected chi connectivity index (χ4v) is 4.50. The van der Waals surface area contributed by atoms with Gasteiger partial charge in [-0.15, -0.1) is 0 Å². The smallest absolute Gasteiger partial charge is 0.228 e. The minimum atomic E-state index is 0.325. The number of benzene rings is 1. The summed E-state index contributed by atoms with van der Waals surface area (Å²) in [5.41, 5.74) is 6.09. The summed E-state index contributed by atoms with van der Waals surface area (Å²) < 4.78 is 1.86. The maximum atomic E-state index is 4.73. The van der Waals surface area contributed by atoms with Gasteiger partial charge in [-0.3, -0.25) is 0 Å². The Hall–Kier alpha value is -2.54. The van der Waals surface area contributed by atoms with E-state index in [1.165, 1.54) is 22.2 Å². The van der Waals surface area contributed by atoms with Crippen molar-refractivity contribution in [2.75, 3.05) is 11.6 Å². The molecule has 1 aromatic carbocycles. The molecule has 0 unspecified atom stereocenters. The van der Waals surface area contributed by atoms with Gasteiger partial charge >= 0.3 is 0 Å². The molecule has 28 heavy (non-hydrogen) atoms. The molecule has 3 heterocycles. The molecule has 1 aliphatic rings. The van der Waals surface area contributed by atoms with Crippen molar-refractivity contribution in [3.05, 3.63) is 47.3 Å². The van der Waals surface area contributed by atoms with Gasteiger partial charge in [-0.2, -0.15) is 14.6 Å². The third kappa shape index (κ3) is 2.85. The highest BCUT2D eigenvalue weighted by atomic mass is 32.2. The molecule has 0 radical (unpaired) electrons. The number of aromatic amines is 1. The molecule has 3 aromatic heterocycles. The van der Waals surface area contributed by atoms with E-state index >= 15 is 0 Å². The number of para-hydroxylation sites is 1. The van der Waals surface area contributed by atoms with E-state index in [1.807, 2.05) is 17.0 Å². The summed E-state index contributed by atoms with van der Waals surface area (Å²) in [7, 11) is 0. The Bertz CT molecular complexity index is 1160. The molecule has 2 N–H and O–H groups in total. The van der Waals surface area contributed by atoms with Gasteiger partial charge in [0.2, 0.25) is 5.95 Å². The van der Waals surface area contributed by atoms with Crippen LogP contribution in [0.1, 0.15) is 43.0 Å². The van der Waals surface area contributed by atoms with Crippen molar-refractivity contribution in [2.24, 2.45) is 0 Å². The predicted molar refractivity (Wildman–Crippen MR) is 114 cm³/mol. The highest BCUT2D eigenvalue weighted by molar-refractivity contribution is 7.98. The van der Waals surface area contributed by atoms with Gasteiger partial charge in [0.25, 0.3) is 0 Å². The van der Waals surface area contributed by atoms with Crippen molar-refractivity contribution in [3.8, 4) is 0 Å². The van der Waals surface area contributed by atoms with Crippen molar-refractivity contribution < 1.29 is 0 Å². The summed E-state index contributed by atoms with van der Waals surface area (Å²) in [5, 5.41) is 10.4. The lowest BCUT2D eigenvalue weighted by molar-refractivity contribution is 0.597. The molecule has 0 saturated carbocycles. The minimum absolute atomic E-state index is 0.325. The quantitative estimate of drug-likeness (QED) is 0.503. The van der Waals surface area contributed by atoms with Crippen LogP contribution in [0.4, 0.5) is 5.95 Å². The first-order valence-electron chi connectivity index (χ1n) is 9.78. The van der Waals surface area contributed by atoms with Crippen molar-refractivity contribution in [1.29, 1.82) is 0 Å². The van der Waals surface area contributed by atoms with Gasteiger partial charge in [0.05, 0.1) is 6.20 Å². The van der Waals surface area contributed by atoms with Crippen molar-refractivity contribution in [3.63, 3.8) is 0 Å². The van der Waals surface area contributed by atoms with Crippen LogP contribution in [0.3, 0.4) is 0 Å². The summed E-state index contributed by atoms with van der Waals surface area (Å²) in [6, 6.07) is 8.90. The van der Waals surface area contributed by atoms with Gasteiger partial charge in [0.15, 0.2) is 10.8 Å². The van der Waals surface area contributed by atoms with Crippen LogP contribution < -0.4 is 5.32 Å². The number of aromatic nitrogens is 5. The zero-order chi connectivity index (χ0) is 19.3. The molecule has 6 nitrogen and oxygen atoms in total. The molecule has 4 aromatic rings. The average molecular weight is 393 g/mol. The first kappa shape index (κ1) is 17.6. The number of hydrogen-bond acceptors (Lipinski definition) is 5. The van der Waals surface area contributed by atoms with Crippen LogP contribution in [0.15, 0.2) is 35.6 Å². The van der Waals surface area contributed by atoms with Crippen LogP contribution in [-0.4, -0.2) is 36.9 Å². The topological polar surface area (TPSA) is 70.9 Å². The molecule has 0 fully saturated rings. The zero-order valence-electron chi connectivity index (χ0n) is 16.4. The highest BCUT2D eigenvalue weighted by Crippen LogP contribution is 2.31. The standard InChI is InChI=1S/C21H24N6S/c1-12(2)16-11-22-27-19(16)25-21(28-3)26-20(27)23-13-8-9-18-15(10-13)14-6-4-5-7-17(14)24-18/h4-7,11-13,24H,8-10H2,1-3H3,(H,23,25,26)/t13-/m1/s1. The van der Waals surface area contributed by atoms with Gasteiger partial charge in [0, 0.05) is 28.2 Å². The Morgan fingerprint density at radius 2 is 2.11 bits per heavy atom. The van der Waals surface area contributed by atoms with Gasteiger partial charge in [-0.05, 0) is 43.1 Å². The summed E-state index contributed by atoms with van der Waals surface area (Å²) >= 11 is 1.57. The fourth-order valence-electron chi connectivity index (χ4n) is 4.14. The summed E-state index contributed by atoms with van der Waals surface area (Å²) in [5.74, 6) is 1.16. The average Bonchev–Trinajstić information content (AvgIpc) is 3.29. The number of thioether (sulfide) groups is 1. The van der Waals surface area contributed by atoms with Gasteiger partial charge in [-0.25, -0.2) is 4.98 Å². The Morgan fingerprint density at radius 1 is 1.25 bits per heavy atom. The van der Waals surface area contributed by atoms with E-state index in [4.69, 9.17) is 9.97 Å². The number of fused-ring (bicyclic) bond motifs is 4. The SMILES string of the molecule is CSc1nc(N[C@@H]2CCc3[nH]c4ccccc4c3C2)n2ncc(C(C)C)c2n1. The van der Waals surface area contributed by atoms with E-state index in [0.29, 0.717) is 12.0 Å². The number of anilines is 1. The Morgan fingerprint density at radius 3 is 2.93 bits per heavy atom. The molecule has 1 atom stereocenters. The third-order valence-electron chi connectivity index (χ3n) is 5.61. The van der Waals surface area contributed by atoms with Crippen LogP contribution in [-0.2, 0) is 12.8 Å². The number of nitrogens with zero attached hydrogens (tertiary/aromatic N) is 4. The van der Waals surface area contributed by atoms with Crippen LogP contribution in [0.2, 0.25) is 0 Å². The van der Waals surface area contributed by atoms with E-state index in [-0.39, 0.29) is 0 Å². The summed E-state index contributed by atoms with van der Waals surface area (Å²) in [6.45, 7) is 4.34. The molecule has 0 amide bonds. The van der Waals surface area contributed by atoms with Crippen molar-refractivity contribution in [2.45, 2.75) is 50.2 Å². The molecule has 0 bridgehead atoms. The van der Waals surface area contributed by atoms with Crippen LogP contribution in [0, 0.1) is 0 Å². The van der Waals surface area contributed by atoms with Crippen LogP contribution in [0.5, 0.6) is 0 Å². The maximum absolute atomic E-state index is 4.73. The Kier molecular flexibility index (Phi) is 4.27. The molecule has 5 rings (SSSR count). The molecule has 1 aliphatic carbocycles. The minimum Gasteiger partial charge on any atom is -0.358 e. The Balaban J connectivity index is 1.50. The summed E-state index contributed by atoms with van der Waals surface area (Å²) in [4.78, 5) is 13.0. The number of hydrogen-bond donors (Lipinski definition) is 2. The first-order chi connectivity index (χ1) is 13.6. The second kappa shape index (κ2) is 6.81. The molecule has 0 saturated heterocycles. The number of H-pyrrole nitrogens is 1. The highest BCUT2D eigenvalue weighted by Gasteiger charge is 2.24. The van der Waals surface area contributed by atoms with E-state index in [0.717, 1.165) is 41.6 Å². The van der Waals surface area contributed by atoms with Crippen molar-refractivity contribution in [1.82, 2.24) is 24.6 Å². The predicted octanol–water partition coefficient (Wildman–Crippen LogP) is 4.42. The molecule has 144 valence electrons. The largest absolute Gasteiger partial charge is 0.358 e. The van der Waals surface area contributed by atoms with Crippen LogP contribution in [0.25, 0.3) is 16.6 Å². The second-order valence-corrected chi connectivity index (χ2v) is 8.51. The van der Waals surface area contributed by atoms with Gasteiger partial charge in [-0.1, -0.05) is 43.8 Å². The van der Waals surface area contributed by atoms with Crippen LogP contribution >= 0.6 is 11.8 Å². The lowest BCUT2D eigenvalue weighted by Gasteiger charge is -2.24. The second-order valence-electron chi connectivity index (χ2n) is 7.74. The number of rotatable bonds is 4. The third-order valence-corrected chi connectivity index (χ3v) is 6.16. The van der Waals surface area contributed by atoms with Gasteiger partial charge < -0.3 is 10.3 Å². The monoisotopic (exact) mass is 392 g/mol. The molecular weight excluding hydrogens is 368 g/mol. The Labute approximate surface area is 168 Å². The first-order valence-corrected chi connectivity index (χ1v) is 11.0. The lowest BCUT2D eigenvalue weighted by atomic mass is 9.91. The molecule has 0 spiro atoms. The van der Waals surface area contributed by atoms with E-state index in [9.17, 15) is 0 Å². The van der Waals surface area contributed by atoms with E-state index in [2.05, 4.69) is 53.5 Å². The zero-order valence-corrected chi connectivity index (χ0v) is 17.2. The van der Waals surface area contributed by atoms with E-state index < -0.39 is 0 Å². The molecule has 0 aliphatic heterocycles. The summed E-state index contributed by atoms with van der Waals surface area (Å²) in [6.07, 6.45) is 7.03. The number of nitrogens with one attached hydrogen (secondary N) is 2. The molecular formula is C21H24N6S. The van der Waals surface area contributed by atoms with Gasteiger partial charge in [0.1, 0.15) is 0 Å². The lowest BCUT2D eigenvalue weighted by Crippen LogP contribution is -2.29.